The smallest absolute Gasteiger partial charge is 0.0302 e. The van der Waals surface area contributed by atoms with Crippen molar-refractivity contribution in [2.24, 2.45) is 0 Å². The van der Waals surface area contributed by atoms with Crippen LogP contribution in [-0.4, -0.2) is 4.98 Å². The van der Waals surface area contributed by atoms with Crippen LogP contribution in [-0.2, 0) is 0 Å². The van der Waals surface area contributed by atoms with E-state index in [1.807, 2.05) is 18.5 Å². The van der Waals surface area contributed by atoms with Crippen LogP contribution in [0.5, 0.6) is 0 Å². The van der Waals surface area contributed by atoms with Gasteiger partial charge in [-0.2, -0.15) is 0 Å². The van der Waals surface area contributed by atoms with E-state index in [9.17, 15) is 0 Å². The molecule has 0 N–H and O–H groups in total. The molecule has 0 amide bonds. The molecular weight excluding hydrogens is 170 g/mol. The maximum absolute atomic E-state index is 4.19. The van der Waals surface area contributed by atoms with Gasteiger partial charge in [-0.05, 0) is 43.2 Å². The molecule has 1 aliphatic rings. The number of pyridine rings is 1. The van der Waals surface area contributed by atoms with Gasteiger partial charge in [0.2, 0.25) is 0 Å². The van der Waals surface area contributed by atoms with Gasteiger partial charge in [0, 0.05) is 12.4 Å². The molecule has 0 aromatic carbocycles. The Kier molecular flexibility index (Phi) is 3.33. The number of hydrogen-bond acceptors (Lipinski definition) is 1. The van der Waals surface area contributed by atoms with Crippen molar-refractivity contribution in [1.82, 2.24) is 4.98 Å². The Bertz CT molecular complexity index is 289. The van der Waals surface area contributed by atoms with Crippen LogP contribution in [0.3, 0.4) is 0 Å². The SMILES string of the molecule is C1=C\CC(c2cccnc2)CCCC/1. The molecule has 1 unspecified atom stereocenters. The molecular formula is C13H17N. The third-order valence-corrected chi connectivity index (χ3v) is 2.92. The van der Waals surface area contributed by atoms with E-state index in [0.29, 0.717) is 5.92 Å². The van der Waals surface area contributed by atoms with E-state index in [2.05, 4.69) is 23.2 Å². The van der Waals surface area contributed by atoms with Crippen molar-refractivity contribution in [1.29, 1.82) is 0 Å². The average molecular weight is 187 g/mol. The van der Waals surface area contributed by atoms with E-state index in [0.717, 1.165) is 0 Å². The molecule has 1 atom stereocenters. The second kappa shape index (κ2) is 4.94. The van der Waals surface area contributed by atoms with Crippen molar-refractivity contribution < 1.29 is 0 Å². The van der Waals surface area contributed by atoms with E-state index >= 15 is 0 Å². The van der Waals surface area contributed by atoms with Crippen molar-refractivity contribution in [3.63, 3.8) is 0 Å². The summed E-state index contributed by atoms with van der Waals surface area (Å²) in [7, 11) is 0. The Labute approximate surface area is 85.9 Å². The number of rotatable bonds is 1. The van der Waals surface area contributed by atoms with Gasteiger partial charge in [-0.3, -0.25) is 4.98 Å². The van der Waals surface area contributed by atoms with Crippen molar-refractivity contribution in [3.8, 4) is 0 Å². The molecule has 0 radical (unpaired) electrons. The van der Waals surface area contributed by atoms with Gasteiger partial charge in [0.05, 0.1) is 0 Å². The minimum Gasteiger partial charge on any atom is -0.264 e. The van der Waals surface area contributed by atoms with Crippen LogP contribution in [0, 0.1) is 0 Å². The molecule has 0 fully saturated rings. The van der Waals surface area contributed by atoms with E-state index in [4.69, 9.17) is 0 Å². The predicted molar refractivity (Wildman–Crippen MR) is 59.2 cm³/mol. The zero-order chi connectivity index (χ0) is 9.64. The van der Waals surface area contributed by atoms with Crippen LogP contribution in [0.25, 0.3) is 0 Å². The lowest BCUT2D eigenvalue weighted by molar-refractivity contribution is 0.565. The highest BCUT2D eigenvalue weighted by Gasteiger charge is 2.10. The van der Waals surface area contributed by atoms with Gasteiger partial charge in [-0.1, -0.05) is 24.6 Å². The first-order valence-corrected chi connectivity index (χ1v) is 5.52. The summed E-state index contributed by atoms with van der Waals surface area (Å²) in [6, 6.07) is 4.24. The average Bonchev–Trinajstić information content (AvgIpc) is 2.18. The van der Waals surface area contributed by atoms with Gasteiger partial charge in [-0.25, -0.2) is 0 Å². The summed E-state index contributed by atoms with van der Waals surface area (Å²) in [6.07, 6.45) is 15.0. The fraction of sp³-hybridized carbons (Fsp3) is 0.462. The topological polar surface area (TPSA) is 12.9 Å². The summed E-state index contributed by atoms with van der Waals surface area (Å²) < 4.78 is 0. The van der Waals surface area contributed by atoms with Crippen molar-refractivity contribution in [3.05, 3.63) is 42.2 Å². The third kappa shape index (κ3) is 2.44. The summed E-state index contributed by atoms with van der Waals surface area (Å²) >= 11 is 0. The highest BCUT2D eigenvalue weighted by atomic mass is 14.6. The van der Waals surface area contributed by atoms with Crippen LogP contribution >= 0.6 is 0 Å². The molecule has 1 nitrogen and oxygen atoms in total. The second-order valence-electron chi connectivity index (χ2n) is 3.97. The zero-order valence-corrected chi connectivity index (χ0v) is 8.52. The molecule has 1 aromatic rings. The monoisotopic (exact) mass is 187 g/mol. The Morgan fingerprint density at radius 3 is 3.07 bits per heavy atom. The molecule has 74 valence electrons. The van der Waals surface area contributed by atoms with Crippen molar-refractivity contribution >= 4 is 0 Å². The van der Waals surface area contributed by atoms with Crippen LogP contribution in [0.4, 0.5) is 0 Å². The molecule has 2 rings (SSSR count). The quantitative estimate of drug-likeness (QED) is 0.611. The summed E-state index contributed by atoms with van der Waals surface area (Å²) in [5, 5.41) is 0. The lowest BCUT2D eigenvalue weighted by atomic mass is 9.89. The molecule has 14 heavy (non-hydrogen) atoms. The number of nitrogens with zero attached hydrogens (tertiary/aromatic N) is 1. The Morgan fingerprint density at radius 1 is 1.21 bits per heavy atom. The van der Waals surface area contributed by atoms with Gasteiger partial charge in [0.25, 0.3) is 0 Å². The Hall–Kier alpha value is -1.11. The van der Waals surface area contributed by atoms with Crippen molar-refractivity contribution in [2.45, 2.75) is 38.0 Å². The summed E-state index contributed by atoms with van der Waals surface area (Å²) in [4.78, 5) is 4.19. The van der Waals surface area contributed by atoms with Crippen LogP contribution in [0.2, 0.25) is 0 Å². The van der Waals surface area contributed by atoms with Crippen molar-refractivity contribution in [2.75, 3.05) is 0 Å². The molecule has 1 aliphatic carbocycles. The summed E-state index contributed by atoms with van der Waals surface area (Å²) in [5.41, 5.74) is 1.40. The highest BCUT2D eigenvalue weighted by molar-refractivity contribution is 5.16. The van der Waals surface area contributed by atoms with Gasteiger partial charge >= 0.3 is 0 Å². The van der Waals surface area contributed by atoms with Gasteiger partial charge in [0.1, 0.15) is 0 Å². The van der Waals surface area contributed by atoms with Crippen LogP contribution in [0.15, 0.2) is 36.7 Å². The molecule has 1 heterocycles. The first kappa shape index (κ1) is 9.45. The normalized spacial score (nSPS) is 25.0. The largest absolute Gasteiger partial charge is 0.264 e. The van der Waals surface area contributed by atoms with Gasteiger partial charge in [-0.15, -0.1) is 0 Å². The predicted octanol–water partition coefficient (Wildman–Crippen LogP) is 3.69. The molecule has 0 saturated carbocycles. The maximum Gasteiger partial charge on any atom is 0.0302 e. The highest BCUT2D eigenvalue weighted by Crippen LogP contribution is 2.27. The van der Waals surface area contributed by atoms with Gasteiger partial charge in [0.15, 0.2) is 0 Å². The van der Waals surface area contributed by atoms with E-state index in [1.54, 1.807) is 0 Å². The lowest BCUT2D eigenvalue weighted by Crippen LogP contribution is -1.99. The molecule has 1 heteroatoms. The minimum absolute atomic E-state index is 0.695. The zero-order valence-electron chi connectivity index (χ0n) is 8.52. The van der Waals surface area contributed by atoms with Gasteiger partial charge < -0.3 is 0 Å². The summed E-state index contributed by atoms with van der Waals surface area (Å²) in [6.45, 7) is 0. The molecule has 0 aliphatic heterocycles. The van der Waals surface area contributed by atoms with E-state index in [-0.39, 0.29) is 0 Å². The Balaban J connectivity index is 2.08. The fourth-order valence-corrected chi connectivity index (χ4v) is 2.07. The molecule has 1 aromatic heterocycles. The molecule has 0 bridgehead atoms. The number of hydrogen-bond donors (Lipinski definition) is 0. The number of aromatic nitrogens is 1. The lowest BCUT2D eigenvalue weighted by Gasteiger charge is -2.16. The molecule has 0 spiro atoms. The first-order valence-electron chi connectivity index (χ1n) is 5.52. The standard InChI is InChI=1S/C13H17N/c1-2-4-7-12(8-5-3-1)13-9-6-10-14-11-13/h2,4,6,9-12H,1,3,5,7-8H2/b4-2-. The van der Waals surface area contributed by atoms with Crippen LogP contribution in [0.1, 0.15) is 43.6 Å². The molecule has 0 saturated heterocycles. The Morgan fingerprint density at radius 2 is 2.21 bits per heavy atom. The number of allylic oxidation sites excluding steroid dienone is 2. The first-order chi connectivity index (χ1) is 6.97. The van der Waals surface area contributed by atoms with Crippen LogP contribution < -0.4 is 0 Å². The fourth-order valence-electron chi connectivity index (χ4n) is 2.07. The second-order valence-corrected chi connectivity index (χ2v) is 3.97. The summed E-state index contributed by atoms with van der Waals surface area (Å²) in [5.74, 6) is 0.695. The maximum atomic E-state index is 4.19. The third-order valence-electron chi connectivity index (χ3n) is 2.92. The van der Waals surface area contributed by atoms with E-state index < -0.39 is 0 Å². The van der Waals surface area contributed by atoms with E-state index in [1.165, 1.54) is 37.7 Å². The minimum atomic E-state index is 0.695.